The van der Waals surface area contributed by atoms with Crippen LogP contribution in [0, 0.1) is 17.9 Å². The van der Waals surface area contributed by atoms with Crippen LogP contribution in [-0.4, -0.2) is 54.4 Å². The second-order valence-electron chi connectivity index (χ2n) is 3.71. The van der Waals surface area contributed by atoms with Crippen molar-refractivity contribution in [2.75, 3.05) is 33.5 Å². The van der Waals surface area contributed by atoms with E-state index in [4.69, 9.17) is 21.7 Å². The van der Waals surface area contributed by atoms with Crippen LogP contribution in [0.2, 0.25) is 0 Å². The van der Waals surface area contributed by atoms with Crippen molar-refractivity contribution >= 4 is 5.97 Å². The molecule has 1 heterocycles. The molecule has 0 saturated carbocycles. The largest absolute Gasteiger partial charge is 0.481 e. The van der Waals surface area contributed by atoms with Gasteiger partial charge in [-0.1, -0.05) is 0 Å². The second kappa shape index (κ2) is 6.48. The summed E-state index contributed by atoms with van der Waals surface area (Å²) in [7, 11) is 1.53. The molecule has 0 spiro atoms. The Balaban J connectivity index is 2.92. The molecular formula is C11H14N4O3. The van der Waals surface area contributed by atoms with E-state index >= 15 is 0 Å². The number of ether oxygens (including phenoxy) is 1. The minimum Gasteiger partial charge on any atom is -0.481 e. The monoisotopic (exact) mass is 250 g/mol. The number of carbonyl (C=O) groups is 1. The van der Waals surface area contributed by atoms with E-state index in [1.54, 1.807) is 9.80 Å². The van der Waals surface area contributed by atoms with Gasteiger partial charge in [-0.3, -0.25) is 4.79 Å². The fourth-order valence-electron chi connectivity index (χ4n) is 1.81. The number of hydrogen-bond donors (Lipinski definition) is 1. The van der Waals surface area contributed by atoms with Gasteiger partial charge < -0.3 is 19.6 Å². The van der Waals surface area contributed by atoms with Crippen LogP contribution in [-0.2, 0) is 9.53 Å². The third-order valence-corrected chi connectivity index (χ3v) is 2.55. The highest BCUT2D eigenvalue weighted by Gasteiger charge is 2.28. The molecule has 0 aromatic carbocycles. The summed E-state index contributed by atoms with van der Waals surface area (Å²) in [6.45, 7) is 8.75. The summed E-state index contributed by atoms with van der Waals surface area (Å²) in [5.74, 6) is -0.434. The van der Waals surface area contributed by atoms with Gasteiger partial charge in [0.15, 0.2) is 0 Å². The number of carboxylic acid groups (broad SMARTS) is 1. The Hall–Kier alpha value is -2.25. The molecule has 0 aromatic heterocycles. The smallest absolute Gasteiger partial charge is 0.305 e. The van der Waals surface area contributed by atoms with E-state index in [9.17, 15) is 4.79 Å². The van der Waals surface area contributed by atoms with E-state index in [2.05, 4.69) is 4.85 Å². The number of carboxylic acids is 1. The van der Waals surface area contributed by atoms with Gasteiger partial charge in [-0.25, -0.2) is 10.1 Å². The lowest BCUT2D eigenvalue weighted by atomic mass is 10.3. The highest BCUT2D eigenvalue weighted by Crippen LogP contribution is 2.22. The van der Waals surface area contributed by atoms with Crippen LogP contribution < -0.4 is 0 Å². The molecule has 0 atom stereocenters. The van der Waals surface area contributed by atoms with E-state index in [0.717, 1.165) is 0 Å². The molecule has 1 rings (SSSR count). The van der Waals surface area contributed by atoms with Crippen molar-refractivity contribution in [1.82, 2.24) is 9.80 Å². The molecule has 0 aromatic rings. The van der Waals surface area contributed by atoms with Crippen LogP contribution in [0.25, 0.3) is 4.85 Å². The van der Waals surface area contributed by atoms with Gasteiger partial charge in [0, 0.05) is 26.7 Å². The maximum atomic E-state index is 10.6. The molecule has 1 aliphatic heterocycles. The summed E-state index contributed by atoms with van der Waals surface area (Å²) < 4.78 is 5.01. The van der Waals surface area contributed by atoms with Crippen molar-refractivity contribution in [3.63, 3.8) is 0 Å². The first kappa shape index (κ1) is 13.8. The Bertz CT molecular complexity index is 417. The van der Waals surface area contributed by atoms with Crippen LogP contribution in [0.5, 0.6) is 0 Å². The van der Waals surface area contributed by atoms with E-state index in [0.29, 0.717) is 18.9 Å². The number of nitriles is 1. The summed E-state index contributed by atoms with van der Waals surface area (Å²) in [6, 6.07) is 1.84. The Labute approximate surface area is 105 Å². The molecule has 96 valence electrons. The fraction of sp³-hybridized carbons (Fsp3) is 0.545. The van der Waals surface area contributed by atoms with Crippen molar-refractivity contribution in [2.24, 2.45) is 0 Å². The van der Waals surface area contributed by atoms with Crippen LogP contribution in [0.1, 0.15) is 6.42 Å². The zero-order chi connectivity index (χ0) is 13.5. The molecular weight excluding hydrogens is 236 g/mol. The zero-order valence-corrected chi connectivity index (χ0v) is 10.1. The fourth-order valence-corrected chi connectivity index (χ4v) is 1.81. The standard InChI is InChI=1S/C11H14N4O3/c1-13-9(7-12)11-14(4-3-10(16)17)5-6-15(11)8-18-2/h3-6,8H2,2H3,(H,16,17). The molecule has 0 unspecified atom stereocenters. The Morgan fingerprint density at radius 3 is 2.78 bits per heavy atom. The van der Waals surface area contributed by atoms with Gasteiger partial charge >= 0.3 is 11.7 Å². The first-order chi connectivity index (χ1) is 8.63. The third kappa shape index (κ3) is 3.12. The molecule has 1 aliphatic rings. The summed E-state index contributed by atoms with van der Waals surface area (Å²) in [5, 5.41) is 17.6. The maximum absolute atomic E-state index is 10.6. The first-order valence-electron chi connectivity index (χ1n) is 5.36. The maximum Gasteiger partial charge on any atom is 0.305 e. The molecule has 0 bridgehead atoms. The Morgan fingerprint density at radius 1 is 1.61 bits per heavy atom. The van der Waals surface area contributed by atoms with E-state index in [1.165, 1.54) is 7.11 Å². The van der Waals surface area contributed by atoms with Gasteiger partial charge in [0.25, 0.3) is 0 Å². The Morgan fingerprint density at radius 2 is 2.28 bits per heavy atom. The first-order valence-corrected chi connectivity index (χ1v) is 5.36. The predicted octanol–water partition coefficient (Wildman–Crippen LogP) is 0.295. The quantitative estimate of drug-likeness (QED) is 0.558. The summed E-state index contributed by atoms with van der Waals surface area (Å²) in [6.07, 6.45) is -0.0268. The van der Waals surface area contributed by atoms with Crippen LogP contribution in [0.3, 0.4) is 0 Å². The lowest BCUT2D eigenvalue weighted by Crippen LogP contribution is -2.27. The average molecular weight is 250 g/mol. The molecule has 1 saturated heterocycles. The zero-order valence-electron chi connectivity index (χ0n) is 10.1. The molecule has 1 fully saturated rings. The number of hydrogen-bond acceptors (Lipinski definition) is 5. The highest BCUT2D eigenvalue weighted by molar-refractivity contribution is 5.66. The Kier molecular flexibility index (Phi) is 4.97. The predicted molar refractivity (Wildman–Crippen MR) is 61.6 cm³/mol. The summed E-state index contributed by atoms with van der Waals surface area (Å²) in [5.41, 5.74) is -0.0325. The number of rotatable bonds is 5. The normalized spacial score (nSPS) is 17.3. The van der Waals surface area contributed by atoms with Gasteiger partial charge in [0.05, 0.1) is 19.1 Å². The molecule has 0 aliphatic carbocycles. The number of nitrogens with zero attached hydrogens (tertiary/aromatic N) is 4. The van der Waals surface area contributed by atoms with Crippen molar-refractivity contribution in [3.8, 4) is 6.07 Å². The van der Waals surface area contributed by atoms with Crippen molar-refractivity contribution in [1.29, 1.82) is 5.26 Å². The minimum absolute atomic E-state index is 0.0268. The lowest BCUT2D eigenvalue weighted by Gasteiger charge is -2.24. The van der Waals surface area contributed by atoms with Gasteiger partial charge in [0.2, 0.25) is 0 Å². The topological polar surface area (TPSA) is 81.2 Å². The van der Waals surface area contributed by atoms with E-state index < -0.39 is 5.97 Å². The van der Waals surface area contributed by atoms with Gasteiger partial charge in [-0.15, -0.1) is 0 Å². The van der Waals surface area contributed by atoms with E-state index in [-0.39, 0.29) is 25.4 Å². The lowest BCUT2D eigenvalue weighted by molar-refractivity contribution is -0.137. The van der Waals surface area contributed by atoms with Crippen LogP contribution >= 0.6 is 0 Å². The minimum atomic E-state index is -0.902. The van der Waals surface area contributed by atoms with Crippen molar-refractivity contribution in [3.05, 3.63) is 22.9 Å². The molecule has 7 heteroatoms. The molecule has 18 heavy (non-hydrogen) atoms. The SMILES string of the molecule is [C-]#[N+]C(C#N)=C1N(CCC(=O)O)CCN1COC. The summed E-state index contributed by atoms with van der Waals surface area (Å²) >= 11 is 0. The number of aliphatic carboxylic acids is 1. The van der Waals surface area contributed by atoms with Gasteiger partial charge in [-0.05, 0) is 0 Å². The highest BCUT2D eigenvalue weighted by atomic mass is 16.5. The van der Waals surface area contributed by atoms with Crippen LogP contribution in [0.15, 0.2) is 11.5 Å². The molecule has 0 amide bonds. The van der Waals surface area contributed by atoms with Crippen molar-refractivity contribution in [2.45, 2.75) is 6.42 Å². The van der Waals surface area contributed by atoms with Crippen molar-refractivity contribution < 1.29 is 14.6 Å². The van der Waals surface area contributed by atoms with Gasteiger partial charge in [-0.2, -0.15) is 0 Å². The third-order valence-electron chi connectivity index (χ3n) is 2.55. The number of methoxy groups -OCH3 is 1. The number of allylic oxidation sites excluding steroid dienone is 1. The second-order valence-corrected chi connectivity index (χ2v) is 3.71. The average Bonchev–Trinajstić information content (AvgIpc) is 2.73. The molecule has 1 N–H and O–H groups in total. The molecule has 7 nitrogen and oxygen atoms in total. The van der Waals surface area contributed by atoms with Gasteiger partial charge in [0.1, 0.15) is 12.6 Å². The van der Waals surface area contributed by atoms with E-state index in [1.807, 2.05) is 6.07 Å². The molecule has 0 radical (unpaired) electrons. The summed E-state index contributed by atoms with van der Waals surface area (Å²) in [4.78, 5) is 17.3. The van der Waals surface area contributed by atoms with Crippen LogP contribution in [0.4, 0.5) is 0 Å².